The van der Waals surface area contributed by atoms with Crippen molar-refractivity contribution in [3.05, 3.63) is 107 Å². The molecule has 2 aliphatic rings. The van der Waals surface area contributed by atoms with Crippen LogP contribution in [0.25, 0.3) is 0 Å². The quantitative estimate of drug-likeness (QED) is 0.120. The molecule has 3 N–H and O–H groups in total. The summed E-state index contributed by atoms with van der Waals surface area (Å²) in [4.78, 5) is 13.5. The zero-order valence-corrected chi connectivity index (χ0v) is 29.1. The summed E-state index contributed by atoms with van der Waals surface area (Å²) in [6, 6.07) is 12.7. The summed E-state index contributed by atoms with van der Waals surface area (Å²) in [5.41, 5.74) is 16.7. The van der Waals surface area contributed by atoms with Gasteiger partial charge < -0.3 is 15.7 Å². The number of likely N-dealkylation sites (N-methyl/N-ethyl adjacent to an activating group) is 1. The lowest BCUT2D eigenvalue weighted by atomic mass is 9.81. The molecule has 0 radical (unpaired) electrons. The fraction of sp³-hybridized carbons (Fsp3) is 0.436. The number of nitrogens with zero attached hydrogens (tertiary/aromatic N) is 5. The molecule has 0 unspecified atom stereocenters. The Bertz CT molecular complexity index is 1760. The van der Waals surface area contributed by atoms with Crippen LogP contribution in [-0.4, -0.2) is 55.5 Å². The van der Waals surface area contributed by atoms with Gasteiger partial charge in [-0.3, -0.25) is 9.48 Å². The van der Waals surface area contributed by atoms with Crippen molar-refractivity contribution in [2.24, 2.45) is 5.73 Å². The second-order valence-electron chi connectivity index (χ2n) is 14.1. The van der Waals surface area contributed by atoms with E-state index >= 15 is 0 Å². The lowest BCUT2D eigenvalue weighted by Gasteiger charge is -2.25. The van der Waals surface area contributed by atoms with Gasteiger partial charge in [-0.15, -0.1) is 5.10 Å². The largest absolute Gasteiger partial charge is 0.480 e. The van der Waals surface area contributed by atoms with Gasteiger partial charge in [-0.2, -0.15) is 4.58 Å². The highest BCUT2D eigenvalue weighted by atomic mass is 16.4. The van der Waals surface area contributed by atoms with Crippen LogP contribution in [0.2, 0.25) is 0 Å². The van der Waals surface area contributed by atoms with Crippen LogP contribution >= 0.6 is 0 Å². The minimum Gasteiger partial charge on any atom is -0.480 e. The van der Waals surface area contributed by atoms with Gasteiger partial charge in [-0.25, -0.2) is 0 Å². The Morgan fingerprint density at radius 2 is 1.70 bits per heavy atom. The Balaban J connectivity index is 1.28. The Morgan fingerprint density at radius 3 is 2.43 bits per heavy atom. The van der Waals surface area contributed by atoms with Crippen molar-refractivity contribution in [1.29, 1.82) is 0 Å². The summed E-state index contributed by atoms with van der Waals surface area (Å²) in [6.45, 7) is 18.5. The van der Waals surface area contributed by atoms with Crippen LogP contribution in [-0.2, 0) is 28.6 Å². The zero-order valence-electron chi connectivity index (χ0n) is 29.1. The van der Waals surface area contributed by atoms with E-state index in [9.17, 15) is 4.79 Å². The number of nitrogens with two attached hydrogens (primary N) is 1. The van der Waals surface area contributed by atoms with Gasteiger partial charge in [0, 0.05) is 66.6 Å². The predicted octanol–water partition coefficient (Wildman–Crippen LogP) is 6.91. The number of carboxylic acids is 1. The molecule has 0 saturated heterocycles. The van der Waals surface area contributed by atoms with E-state index in [-0.39, 0.29) is 17.3 Å². The van der Waals surface area contributed by atoms with E-state index in [0.29, 0.717) is 5.69 Å². The van der Waals surface area contributed by atoms with Crippen LogP contribution in [0, 0.1) is 13.8 Å². The van der Waals surface area contributed by atoms with E-state index in [1.165, 1.54) is 45.0 Å². The van der Waals surface area contributed by atoms with Crippen molar-refractivity contribution in [2.75, 3.05) is 18.0 Å². The molecule has 3 aromatic rings. The van der Waals surface area contributed by atoms with Gasteiger partial charge in [-0.1, -0.05) is 66.6 Å². The molecule has 0 fully saturated rings. The summed E-state index contributed by atoms with van der Waals surface area (Å²) >= 11 is 0. The van der Waals surface area contributed by atoms with Crippen LogP contribution in [0.1, 0.15) is 81.8 Å². The minimum atomic E-state index is -1.03. The molecule has 0 aliphatic carbocycles. The summed E-state index contributed by atoms with van der Waals surface area (Å²) in [5.74, 6) is -1.03. The van der Waals surface area contributed by atoms with Crippen molar-refractivity contribution >= 4 is 23.1 Å². The molecule has 2 aromatic carbocycles. The van der Waals surface area contributed by atoms with Crippen molar-refractivity contribution in [1.82, 2.24) is 15.0 Å². The van der Waals surface area contributed by atoms with Gasteiger partial charge >= 0.3 is 5.97 Å². The molecular weight excluding hydrogens is 584 g/mol. The molecule has 1 atom stereocenters. The Hall–Kier alpha value is -4.30. The zero-order chi connectivity index (χ0) is 33.9. The average Bonchev–Trinajstić information content (AvgIpc) is 3.61. The number of carboxylic acid groups (broad SMARTS) is 1. The third-order valence-electron chi connectivity index (χ3n) is 9.74. The third kappa shape index (κ3) is 7.03. The topological polar surface area (TPSA) is 100 Å². The lowest BCUT2D eigenvalue weighted by Crippen LogP contribution is -2.32. The number of aromatic nitrogens is 3. The van der Waals surface area contributed by atoms with E-state index in [0.717, 1.165) is 38.9 Å². The predicted molar refractivity (Wildman–Crippen MR) is 191 cm³/mol. The maximum Gasteiger partial charge on any atom is 0.320 e. The molecule has 0 bridgehead atoms. The number of hydrogen-bond acceptors (Lipinski definition) is 5. The smallest absolute Gasteiger partial charge is 0.320 e. The van der Waals surface area contributed by atoms with Crippen LogP contribution in [0.4, 0.5) is 11.4 Å². The van der Waals surface area contributed by atoms with Gasteiger partial charge in [0.1, 0.15) is 12.6 Å². The fourth-order valence-corrected chi connectivity index (χ4v) is 7.09. The highest BCUT2D eigenvalue weighted by Crippen LogP contribution is 2.48. The lowest BCUT2D eigenvalue weighted by molar-refractivity contribution is -0.438. The SMILES string of the molecule is CCN1/C(=C/C=C/C=C/C2=[N+](CCCCCn3cc(C[C@@H](N)C(=O)O)nn3)c3ccc(C)cc3C2(C)C)C(C)(C)c2cc(C)ccc21. The Kier molecular flexibility index (Phi) is 10.0. The second kappa shape index (κ2) is 13.8. The van der Waals surface area contributed by atoms with Crippen molar-refractivity contribution in [3.8, 4) is 0 Å². The van der Waals surface area contributed by atoms with Crippen LogP contribution in [0.3, 0.4) is 0 Å². The maximum absolute atomic E-state index is 11.0. The van der Waals surface area contributed by atoms with Gasteiger partial charge in [0.05, 0.1) is 11.1 Å². The van der Waals surface area contributed by atoms with Crippen LogP contribution in [0.15, 0.2) is 78.7 Å². The summed E-state index contributed by atoms with van der Waals surface area (Å²) in [6.07, 6.45) is 16.1. The van der Waals surface area contributed by atoms with Gasteiger partial charge in [-0.05, 0) is 71.2 Å². The van der Waals surface area contributed by atoms with E-state index in [2.05, 4.69) is 135 Å². The Morgan fingerprint density at radius 1 is 0.979 bits per heavy atom. The molecule has 0 saturated carbocycles. The minimum absolute atomic E-state index is 0.0476. The van der Waals surface area contributed by atoms with Gasteiger partial charge in [0.2, 0.25) is 5.69 Å². The number of allylic oxidation sites excluding steroid dienone is 6. The first-order chi connectivity index (χ1) is 22.3. The molecule has 8 nitrogen and oxygen atoms in total. The first-order valence-electron chi connectivity index (χ1n) is 16.9. The van der Waals surface area contributed by atoms with E-state index in [1.807, 2.05) is 0 Å². The highest BCUT2D eigenvalue weighted by molar-refractivity contribution is 6.03. The molecule has 5 rings (SSSR count). The summed E-state index contributed by atoms with van der Waals surface area (Å²) < 4.78 is 4.28. The maximum atomic E-state index is 11.0. The first kappa shape index (κ1) is 34.0. The highest BCUT2D eigenvalue weighted by Gasteiger charge is 2.44. The number of anilines is 1. The first-order valence-corrected chi connectivity index (χ1v) is 16.9. The van der Waals surface area contributed by atoms with E-state index in [4.69, 9.17) is 10.8 Å². The van der Waals surface area contributed by atoms with E-state index < -0.39 is 12.0 Å². The van der Waals surface area contributed by atoms with Crippen molar-refractivity contribution in [2.45, 2.75) is 97.6 Å². The van der Waals surface area contributed by atoms with Crippen molar-refractivity contribution < 1.29 is 14.5 Å². The van der Waals surface area contributed by atoms with Gasteiger partial charge in [0.15, 0.2) is 5.71 Å². The van der Waals surface area contributed by atoms with Crippen LogP contribution < -0.4 is 10.6 Å². The standard InChI is InChI=1S/C39H50N6O2/c1-8-44-33-19-17-27(2)23-30(33)38(4,5)35(44)15-11-9-12-16-36-39(6,7)31-24-28(3)18-20-34(31)45(36)22-14-10-13-21-43-26-29(41-42-43)25-32(40)37(46)47/h9,11-12,15-20,23-24,26,32H,8,10,13-14,21-22,25,40H2,1-7H3/p+1/t32-/m1/s1. The third-order valence-corrected chi connectivity index (χ3v) is 9.74. The number of unbranched alkanes of at least 4 members (excludes halogenated alkanes) is 2. The fourth-order valence-electron chi connectivity index (χ4n) is 7.09. The number of fused-ring (bicyclic) bond motifs is 2. The summed E-state index contributed by atoms with van der Waals surface area (Å²) in [7, 11) is 0. The number of aliphatic carboxylic acids is 1. The second-order valence-corrected chi connectivity index (χ2v) is 14.1. The Labute approximate surface area is 280 Å². The van der Waals surface area contributed by atoms with Gasteiger partial charge in [0.25, 0.3) is 0 Å². The number of hydrogen-bond donors (Lipinski definition) is 2. The number of rotatable bonds is 13. The average molecular weight is 636 g/mol. The number of carbonyl (C=O) groups is 1. The molecular formula is C39H51N6O2+. The van der Waals surface area contributed by atoms with Crippen molar-refractivity contribution in [3.63, 3.8) is 0 Å². The molecule has 0 amide bonds. The molecule has 47 heavy (non-hydrogen) atoms. The molecule has 8 heteroatoms. The number of aryl methyl sites for hydroxylation is 3. The number of benzene rings is 2. The molecule has 0 spiro atoms. The van der Waals surface area contributed by atoms with E-state index in [1.54, 1.807) is 10.9 Å². The monoisotopic (exact) mass is 635 g/mol. The summed E-state index contributed by atoms with van der Waals surface area (Å²) in [5, 5.41) is 17.3. The molecule has 248 valence electrons. The normalized spacial score (nSPS) is 18.1. The molecule has 1 aromatic heterocycles. The van der Waals surface area contributed by atoms with Crippen LogP contribution in [0.5, 0.6) is 0 Å². The molecule has 2 aliphatic heterocycles. The molecule has 3 heterocycles.